The summed E-state index contributed by atoms with van der Waals surface area (Å²) in [6, 6.07) is 32.3. The van der Waals surface area contributed by atoms with Crippen LogP contribution in [0.5, 0.6) is 5.75 Å². The number of anilines is 2. The predicted molar refractivity (Wildman–Crippen MR) is 160 cm³/mol. The van der Waals surface area contributed by atoms with Crippen LogP contribution in [0.2, 0.25) is 0 Å². The van der Waals surface area contributed by atoms with Crippen LogP contribution in [0.1, 0.15) is 22.8 Å². The van der Waals surface area contributed by atoms with Crippen LogP contribution in [0, 0.1) is 0 Å². The highest BCUT2D eigenvalue weighted by Gasteiger charge is 2.17. The Morgan fingerprint density at radius 1 is 0.750 bits per heavy atom. The van der Waals surface area contributed by atoms with Gasteiger partial charge in [0.15, 0.2) is 0 Å². The Balaban J connectivity index is 1.46. The van der Waals surface area contributed by atoms with Crippen LogP contribution in [0.15, 0.2) is 120 Å². The molecule has 0 saturated heterocycles. The molecule has 4 aromatic rings. The summed E-state index contributed by atoms with van der Waals surface area (Å²) in [5, 5.41) is 8.14. The minimum Gasteiger partial charge on any atom is -0.496 e. The van der Waals surface area contributed by atoms with E-state index in [4.69, 9.17) is 4.74 Å². The molecular weight excluding hydrogens is 522 g/mol. The zero-order chi connectivity index (χ0) is 28.3. The van der Waals surface area contributed by atoms with Crippen molar-refractivity contribution < 1.29 is 19.1 Å². The monoisotopic (exact) mass is 551 g/mol. The molecule has 0 radical (unpaired) electrons. The van der Waals surface area contributed by atoms with Crippen LogP contribution in [-0.4, -0.2) is 30.1 Å². The Morgan fingerprint density at radius 3 is 2.02 bits per heavy atom. The van der Waals surface area contributed by atoms with E-state index < -0.39 is 11.8 Å². The number of rotatable bonds is 10. The van der Waals surface area contributed by atoms with E-state index in [9.17, 15) is 14.4 Å². The molecule has 4 rings (SSSR count). The van der Waals surface area contributed by atoms with Gasteiger partial charge in [-0.3, -0.25) is 14.4 Å². The minimum absolute atomic E-state index is 0.0583. The van der Waals surface area contributed by atoms with Crippen LogP contribution in [0.3, 0.4) is 0 Å². The zero-order valence-corrected chi connectivity index (χ0v) is 22.9. The number of nitrogens with one attached hydrogen (secondary N) is 3. The number of thioether (sulfide) groups is 1. The highest BCUT2D eigenvalue weighted by molar-refractivity contribution is 8.00. The molecule has 3 N–H and O–H groups in total. The van der Waals surface area contributed by atoms with E-state index in [0.717, 1.165) is 10.6 Å². The lowest BCUT2D eigenvalue weighted by molar-refractivity contribution is -0.115. The summed E-state index contributed by atoms with van der Waals surface area (Å²) < 4.78 is 5.41. The van der Waals surface area contributed by atoms with Crippen LogP contribution >= 0.6 is 11.8 Å². The van der Waals surface area contributed by atoms with Gasteiger partial charge >= 0.3 is 0 Å². The maximum atomic E-state index is 13.3. The fourth-order valence-corrected chi connectivity index (χ4v) is 4.59. The van der Waals surface area contributed by atoms with Crippen LogP contribution in [0.4, 0.5) is 11.4 Å². The van der Waals surface area contributed by atoms with Crippen molar-refractivity contribution in [1.82, 2.24) is 5.32 Å². The molecule has 40 heavy (non-hydrogen) atoms. The number of carbonyl (C=O) groups is 3. The van der Waals surface area contributed by atoms with Crippen LogP contribution in [-0.2, 0) is 9.59 Å². The van der Waals surface area contributed by atoms with Gasteiger partial charge in [0.25, 0.3) is 11.8 Å². The van der Waals surface area contributed by atoms with Crippen molar-refractivity contribution in [3.63, 3.8) is 0 Å². The van der Waals surface area contributed by atoms with Crippen molar-refractivity contribution in [2.45, 2.75) is 17.1 Å². The molecule has 202 valence electrons. The van der Waals surface area contributed by atoms with Gasteiger partial charge in [-0.15, -0.1) is 11.8 Å². The third kappa shape index (κ3) is 7.85. The third-order valence-corrected chi connectivity index (χ3v) is 6.92. The molecule has 0 spiro atoms. The fourth-order valence-electron chi connectivity index (χ4n) is 3.72. The first-order valence-corrected chi connectivity index (χ1v) is 13.5. The first-order valence-electron chi connectivity index (χ1n) is 12.6. The zero-order valence-electron chi connectivity index (χ0n) is 22.1. The maximum absolute atomic E-state index is 13.3. The largest absolute Gasteiger partial charge is 0.496 e. The second-order valence-electron chi connectivity index (χ2n) is 8.71. The first kappa shape index (κ1) is 28.2. The molecule has 0 bridgehead atoms. The van der Waals surface area contributed by atoms with E-state index in [2.05, 4.69) is 16.0 Å². The van der Waals surface area contributed by atoms with Gasteiger partial charge in [0.2, 0.25) is 5.91 Å². The Bertz CT molecular complexity index is 1490. The van der Waals surface area contributed by atoms with Gasteiger partial charge in [-0.1, -0.05) is 54.6 Å². The van der Waals surface area contributed by atoms with Gasteiger partial charge in [-0.05, 0) is 67.6 Å². The average molecular weight is 552 g/mol. The minimum atomic E-state index is -0.494. The molecule has 0 aliphatic carbocycles. The molecule has 0 saturated carbocycles. The van der Waals surface area contributed by atoms with Crippen molar-refractivity contribution in [2.24, 2.45) is 0 Å². The summed E-state index contributed by atoms with van der Waals surface area (Å²) in [6.07, 6.45) is 1.58. The number of hydrogen-bond acceptors (Lipinski definition) is 5. The normalized spacial score (nSPS) is 11.7. The Labute approximate surface area is 237 Å². The van der Waals surface area contributed by atoms with Crippen LogP contribution in [0.25, 0.3) is 6.08 Å². The first-order chi connectivity index (χ1) is 19.4. The van der Waals surface area contributed by atoms with E-state index in [1.165, 1.54) is 11.8 Å². The lowest BCUT2D eigenvalue weighted by atomic mass is 10.1. The number of amides is 3. The molecule has 0 aliphatic rings. The summed E-state index contributed by atoms with van der Waals surface area (Å²) in [7, 11) is 1.54. The van der Waals surface area contributed by atoms with Gasteiger partial charge in [0.05, 0.1) is 12.4 Å². The highest BCUT2D eigenvalue weighted by atomic mass is 32.2. The van der Waals surface area contributed by atoms with E-state index in [1.807, 2.05) is 67.6 Å². The maximum Gasteiger partial charge on any atom is 0.272 e. The lowest BCUT2D eigenvalue weighted by Gasteiger charge is -2.14. The van der Waals surface area contributed by atoms with Crippen molar-refractivity contribution >= 4 is 46.9 Å². The lowest BCUT2D eigenvalue weighted by Crippen LogP contribution is -2.30. The van der Waals surface area contributed by atoms with Gasteiger partial charge in [-0.25, -0.2) is 0 Å². The summed E-state index contributed by atoms with van der Waals surface area (Å²) in [6.45, 7) is 1.84. The van der Waals surface area contributed by atoms with E-state index >= 15 is 0 Å². The van der Waals surface area contributed by atoms with E-state index in [-0.39, 0.29) is 16.9 Å². The van der Waals surface area contributed by atoms with Crippen molar-refractivity contribution in [1.29, 1.82) is 0 Å². The summed E-state index contributed by atoms with van der Waals surface area (Å²) in [5.74, 6) is -0.444. The summed E-state index contributed by atoms with van der Waals surface area (Å²) >= 11 is 1.41. The van der Waals surface area contributed by atoms with Crippen molar-refractivity contribution in [3.8, 4) is 5.75 Å². The number of para-hydroxylation sites is 2. The Kier molecular flexibility index (Phi) is 9.74. The van der Waals surface area contributed by atoms with Gasteiger partial charge in [0, 0.05) is 27.4 Å². The van der Waals surface area contributed by atoms with Crippen molar-refractivity contribution in [3.05, 3.63) is 126 Å². The van der Waals surface area contributed by atoms with Crippen molar-refractivity contribution in [2.75, 3.05) is 17.7 Å². The molecule has 8 heteroatoms. The molecular formula is C32H29N3O4S. The molecule has 0 heterocycles. The van der Waals surface area contributed by atoms with Gasteiger partial charge < -0.3 is 20.7 Å². The Hall–Kier alpha value is -4.82. The molecule has 0 fully saturated rings. The number of hydrogen-bond donors (Lipinski definition) is 3. The third-order valence-electron chi connectivity index (χ3n) is 5.80. The highest BCUT2D eigenvalue weighted by Crippen LogP contribution is 2.26. The average Bonchev–Trinajstić information content (AvgIpc) is 2.99. The standard InChI is InChI=1S/C32H29N3O4S/c1-22(30(36)33-25-14-7-4-8-15-25)40-27-19-17-26(18-20-27)34-32(38)28(21-24-13-9-10-16-29(24)39-2)35-31(37)23-11-5-3-6-12-23/h3-22H,1-2H3,(H,33,36)(H,34,38)(H,35,37)/b28-21-. The number of methoxy groups -OCH3 is 1. The molecule has 1 atom stereocenters. The van der Waals surface area contributed by atoms with E-state index in [1.54, 1.807) is 61.7 Å². The topological polar surface area (TPSA) is 96.5 Å². The van der Waals surface area contributed by atoms with E-state index in [0.29, 0.717) is 22.6 Å². The SMILES string of the molecule is COc1ccccc1/C=C(\NC(=O)c1ccccc1)C(=O)Nc1ccc(SC(C)C(=O)Nc2ccccc2)cc1. The summed E-state index contributed by atoms with van der Waals surface area (Å²) in [4.78, 5) is 39.6. The Morgan fingerprint density at radius 2 is 1.35 bits per heavy atom. The smallest absolute Gasteiger partial charge is 0.272 e. The van der Waals surface area contributed by atoms with Crippen LogP contribution < -0.4 is 20.7 Å². The second kappa shape index (κ2) is 13.8. The second-order valence-corrected chi connectivity index (χ2v) is 10.1. The molecule has 1 unspecified atom stereocenters. The number of carbonyl (C=O) groups excluding carboxylic acids is 3. The predicted octanol–water partition coefficient (Wildman–Crippen LogP) is 6.22. The summed E-state index contributed by atoms with van der Waals surface area (Å²) in [5.41, 5.74) is 2.40. The van der Waals surface area contributed by atoms with Gasteiger partial charge in [0.1, 0.15) is 11.4 Å². The molecule has 7 nitrogen and oxygen atoms in total. The number of benzene rings is 4. The molecule has 4 aromatic carbocycles. The molecule has 3 amide bonds. The number of ether oxygens (including phenoxy) is 1. The quantitative estimate of drug-likeness (QED) is 0.161. The fraction of sp³-hybridized carbons (Fsp3) is 0.0938. The van der Waals surface area contributed by atoms with Gasteiger partial charge in [-0.2, -0.15) is 0 Å². The molecule has 0 aliphatic heterocycles. The molecule has 0 aromatic heterocycles.